The van der Waals surface area contributed by atoms with Crippen LogP contribution < -0.4 is 9.57 Å². The van der Waals surface area contributed by atoms with Crippen LogP contribution in [-0.4, -0.2) is 14.6 Å². The number of nitrogens with one attached hydrogen (secondary N) is 1. The smallest absolute Gasteiger partial charge is 0.416 e. The van der Waals surface area contributed by atoms with Gasteiger partial charge >= 0.3 is 6.18 Å². The molecule has 1 heterocycles. The largest absolute Gasteiger partial charge is 0.486 e. The molecule has 1 N–H and O–H groups in total. The number of benzene rings is 2. The zero-order chi connectivity index (χ0) is 21.8. The molecule has 0 aliphatic heterocycles. The Balaban J connectivity index is 1.58. The number of halogens is 3. The summed E-state index contributed by atoms with van der Waals surface area (Å²) in [5, 5.41) is 3.66. The van der Waals surface area contributed by atoms with Gasteiger partial charge in [0, 0.05) is 0 Å². The van der Waals surface area contributed by atoms with Crippen molar-refractivity contribution in [1.82, 2.24) is 4.83 Å². The molecular formula is C20H17F3N2O4S. The minimum absolute atomic E-state index is 0.0438. The maximum absolute atomic E-state index is 12.7. The van der Waals surface area contributed by atoms with Crippen LogP contribution in [0.1, 0.15) is 22.6 Å². The second kappa shape index (κ2) is 8.62. The number of nitrogens with zero attached hydrogens (tertiary/aromatic N) is 1. The van der Waals surface area contributed by atoms with Crippen molar-refractivity contribution in [3.05, 3.63) is 83.3 Å². The van der Waals surface area contributed by atoms with Crippen molar-refractivity contribution in [2.24, 2.45) is 5.10 Å². The summed E-state index contributed by atoms with van der Waals surface area (Å²) < 4.78 is 73.2. The summed E-state index contributed by atoms with van der Waals surface area (Å²) in [6.07, 6.45) is -3.29. The average molecular weight is 438 g/mol. The van der Waals surface area contributed by atoms with E-state index in [4.69, 9.17) is 9.15 Å². The van der Waals surface area contributed by atoms with Crippen LogP contribution in [0.4, 0.5) is 13.2 Å². The normalized spacial score (nSPS) is 12.3. The number of aryl methyl sites for hydroxylation is 1. The molecule has 0 aliphatic carbocycles. The molecule has 0 unspecified atom stereocenters. The van der Waals surface area contributed by atoms with E-state index in [0.29, 0.717) is 5.76 Å². The van der Waals surface area contributed by atoms with Gasteiger partial charge in [0.05, 0.1) is 16.7 Å². The van der Waals surface area contributed by atoms with Gasteiger partial charge in [-0.05, 0) is 49.4 Å². The molecule has 0 bridgehead atoms. The molecule has 0 saturated heterocycles. The minimum atomic E-state index is -4.46. The van der Waals surface area contributed by atoms with Crippen molar-refractivity contribution in [2.45, 2.75) is 24.6 Å². The molecule has 2 aromatic carbocycles. The van der Waals surface area contributed by atoms with Gasteiger partial charge in [-0.3, -0.25) is 0 Å². The van der Waals surface area contributed by atoms with Crippen molar-refractivity contribution >= 4 is 16.2 Å². The molecule has 0 atom stereocenters. The molecular weight excluding hydrogens is 421 g/mol. The molecule has 30 heavy (non-hydrogen) atoms. The number of ether oxygens (including phenoxy) is 1. The van der Waals surface area contributed by atoms with Gasteiger partial charge in [0.1, 0.15) is 23.9 Å². The predicted molar refractivity (Wildman–Crippen MR) is 104 cm³/mol. The van der Waals surface area contributed by atoms with Crippen LogP contribution in [0.3, 0.4) is 0 Å². The zero-order valence-corrected chi connectivity index (χ0v) is 16.5. The topological polar surface area (TPSA) is 80.9 Å². The lowest BCUT2D eigenvalue weighted by atomic mass is 10.2. The first kappa shape index (κ1) is 21.4. The van der Waals surface area contributed by atoms with Crippen LogP contribution in [0.15, 0.2) is 75.1 Å². The third-order valence-electron chi connectivity index (χ3n) is 3.92. The fourth-order valence-electron chi connectivity index (χ4n) is 2.39. The predicted octanol–water partition coefficient (Wildman–Crippen LogP) is 4.50. The molecule has 158 valence electrons. The van der Waals surface area contributed by atoms with E-state index >= 15 is 0 Å². The van der Waals surface area contributed by atoms with Crippen molar-refractivity contribution in [3.8, 4) is 5.75 Å². The first-order valence-electron chi connectivity index (χ1n) is 8.64. The highest BCUT2D eigenvalue weighted by atomic mass is 32.2. The lowest BCUT2D eigenvalue weighted by Crippen LogP contribution is -2.18. The van der Waals surface area contributed by atoms with Crippen LogP contribution in [-0.2, 0) is 22.8 Å². The van der Waals surface area contributed by atoms with Crippen LogP contribution in [0.5, 0.6) is 5.75 Å². The van der Waals surface area contributed by atoms with Gasteiger partial charge in [-0.1, -0.05) is 23.8 Å². The van der Waals surface area contributed by atoms with Crippen molar-refractivity contribution in [1.29, 1.82) is 0 Å². The molecule has 1 aromatic heterocycles. The Hall–Kier alpha value is -3.27. The highest BCUT2D eigenvalue weighted by molar-refractivity contribution is 7.89. The third kappa shape index (κ3) is 5.63. The Kier molecular flexibility index (Phi) is 6.16. The van der Waals surface area contributed by atoms with Crippen molar-refractivity contribution in [2.75, 3.05) is 0 Å². The second-order valence-corrected chi connectivity index (χ2v) is 7.95. The Labute approximate surface area is 171 Å². The standard InChI is InChI=1S/C20H17F3N2O4S/c1-14-5-9-19(10-6-14)30(26,27)25-24-12-17-7-8-18(29-17)13-28-16-4-2-3-15(11-16)20(21,22)23/h2-12,25H,13H2,1H3/b24-12-. The van der Waals surface area contributed by atoms with E-state index in [2.05, 4.69) is 9.93 Å². The molecule has 0 aliphatic rings. The van der Waals surface area contributed by atoms with Crippen LogP contribution in [0.25, 0.3) is 0 Å². The van der Waals surface area contributed by atoms with E-state index in [0.717, 1.165) is 17.7 Å². The number of hydrogen-bond acceptors (Lipinski definition) is 5. The fourth-order valence-corrected chi connectivity index (χ4v) is 3.18. The van der Waals surface area contributed by atoms with Crippen LogP contribution >= 0.6 is 0 Å². The number of hydrazone groups is 1. The number of hydrogen-bond donors (Lipinski definition) is 1. The minimum Gasteiger partial charge on any atom is -0.486 e. The molecule has 10 heteroatoms. The van der Waals surface area contributed by atoms with Gasteiger partial charge in [0.15, 0.2) is 0 Å². The SMILES string of the molecule is Cc1ccc(S(=O)(=O)N/N=C\c2ccc(COc3cccc(C(F)(F)F)c3)o2)cc1. The number of rotatable bonds is 7. The maximum Gasteiger partial charge on any atom is 0.416 e. The lowest BCUT2D eigenvalue weighted by Gasteiger charge is -2.09. The first-order chi connectivity index (χ1) is 14.1. The summed E-state index contributed by atoms with van der Waals surface area (Å²) in [6.45, 7) is 1.73. The molecule has 0 radical (unpaired) electrons. The molecule has 0 saturated carbocycles. The van der Waals surface area contributed by atoms with Gasteiger partial charge < -0.3 is 9.15 Å². The second-order valence-electron chi connectivity index (χ2n) is 6.28. The van der Waals surface area contributed by atoms with E-state index in [9.17, 15) is 21.6 Å². The van der Waals surface area contributed by atoms with Gasteiger partial charge in [-0.2, -0.15) is 31.5 Å². The summed E-state index contributed by atoms with van der Waals surface area (Å²) in [7, 11) is -3.81. The van der Waals surface area contributed by atoms with E-state index in [1.165, 1.54) is 36.5 Å². The van der Waals surface area contributed by atoms with E-state index in [-0.39, 0.29) is 23.0 Å². The summed E-state index contributed by atoms with van der Waals surface area (Å²) in [4.78, 5) is 2.14. The van der Waals surface area contributed by atoms with Gasteiger partial charge in [0.2, 0.25) is 0 Å². The molecule has 3 rings (SSSR count). The molecule has 0 amide bonds. The summed E-state index contributed by atoms with van der Waals surface area (Å²) in [5.41, 5.74) is 0.112. The Morgan fingerprint density at radius 3 is 2.53 bits per heavy atom. The highest BCUT2D eigenvalue weighted by Gasteiger charge is 2.30. The maximum atomic E-state index is 12.7. The Bertz CT molecular complexity index is 1140. The molecule has 3 aromatic rings. The van der Waals surface area contributed by atoms with E-state index in [1.807, 2.05) is 6.92 Å². The molecule has 0 fully saturated rings. The monoisotopic (exact) mass is 438 g/mol. The summed E-state index contributed by atoms with van der Waals surface area (Å²) >= 11 is 0. The number of sulfonamides is 1. The zero-order valence-electron chi connectivity index (χ0n) is 15.7. The lowest BCUT2D eigenvalue weighted by molar-refractivity contribution is -0.137. The number of furan rings is 1. The van der Waals surface area contributed by atoms with Crippen LogP contribution in [0.2, 0.25) is 0 Å². The fraction of sp³-hybridized carbons (Fsp3) is 0.150. The summed E-state index contributed by atoms with van der Waals surface area (Å²) in [6, 6.07) is 13.8. The van der Waals surface area contributed by atoms with Gasteiger partial charge in [-0.25, -0.2) is 0 Å². The van der Waals surface area contributed by atoms with E-state index in [1.54, 1.807) is 18.2 Å². The highest BCUT2D eigenvalue weighted by Crippen LogP contribution is 2.31. The quantitative estimate of drug-likeness (QED) is 0.435. The molecule has 0 spiro atoms. The van der Waals surface area contributed by atoms with Crippen LogP contribution in [0, 0.1) is 6.92 Å². The molecule has 6 nitrogen and oxygen atoms in total. The Morgan fingerprint density at radius 2 is 1.83 bits per heavy atom. The average Bonchev–Trinajstić information content (AvgIpc) is 3.14. The Morgan fingerprint density at radius 1 is 1.10 bits per heavy atom. The van der Waals surface area contributed by atoms with Crippen molar-refractivity contribution < 1.29 is 30.7 Å². The number of alkyl halides is 3. The van der Waals surface area contributed by atoms with Gasteiger partial charge in [-0.15, -0.1) is 0 Å². The van der Waals surface area contributed by atoms with Gasteiger partial charge in [0.25, 0.3) is 10.0 Å². The third-order valence-corrected chi connectivity index (χ3v) is 5.16. The first-order valence-corrected chi connectivity index (χ1v) is 10.1. The van der Waals surface area contributed by atoms with Crippen molar-refractivity contribution in [3.63, 3.8) is 0 Å². The van der Waals surface area contributed by atoms with E-state index < -0.39 is 21.8 Å². The summed E-state index contributed by atoms with van der Waals surface area (Å²) in [5.74, 6) is 0.613.